The Balaban J connectivity index is 2.37. The number of rotatable bonds is 8. The molecule has 0 fully saturated rings. The van der Waals surface area contributed by atoms with Crippen LogP contribution in [0.2, 0.25) is 0 Å². The van der Waals surface area contributed by atoms with E-state index in [2.05, 4.69) is 19.2 Å². The van der Waals surface area contributed by atoms with E-state index in [4.69, 9.17) is 4.74 Å². The van der Waals surface area contributed by atoms with Crippen LogP contribution in [0, 0.1) is 17.0 Å². The molecule has 5 heteroatoms. The summed E-state index contributed by atoms with van der Waals surface area (Å²) in [6.45, 7) is 8.98. The Morgan fingerprint density at radius 3 is 2.48 bits per heavy atom. The van der Waals surface area contributed by atoms with Gasteiger partial charge in [-0.15, -0.1) is 0 Å². The van der Waals surface area contributed by atoms with Gasteiger partial charge >= 0.3 is 0 Å². The molecule has 1 aromatic rings. The molecule has 2 N–H and O–H groups in total. The molecule has 120 valence electrons. The first kappa shape index (κ1) is 17.9. The van der Waals surface area contributed by atoms with Crippen molar-refractivity contribution in [3.63, 3.8) is 0 Å². The molecule has 21 heavy (non-hydrogen) atoms. The molecule has 0 aliphatic carbocycles. The lowest BCUT2D eigenvalue weighted by Gasteiger charge is -2.28. The van der Waals surface area contributed by atoms with Gasteiger partial charge in [-0.25, -0.2) is 8.78 Å². The summed E-state index contributed by atoms with van der Waals surface area (Å²) in [4.78, 5) is 0. The maximum absolute atomic E-state index is 13.0. The van der Waals surface area contributed by atoms with Crippen LogP contribution in [0.1, 0.15) is 34.1 Å². The molecule has 0 amide bonds. The third-order valence-electron chi connectivity index (χ3n) is 3.17. The van der Waals surface area contributed by atoms with Gasteiger partial charge in [0.25, 0.3) is 0 Å². The number of nitrogens with one attached hydrogen (secondary N) is 1. The maximum Gasteiger partial charge on any atom is 0.162 e. The van der Waals surface area contributed by atoms with Crippen LogP contribution in [0.3, 0.4) is 0 Å². The van der Waals surface area contributed by atoms with Gasteiger partial charge in [0.05, 0.1) is 6.10 Å². The van der Waals surface area contributed by atoms with Crippen molar-refractivity contribution in [3.05, 3.63) is 29.8 Å². The molecule has 2 unspecified atom stereocenters. The lowest BCUT2D eigenvalue weighted by molar-refractivity contribution is 0.125. The summed E-state index contributed by atoms with van der Waals surface area (Å²) >= 11 is 0. The van der Waals surface area contributed by atoms with Crippen molar-refractivity contribution in [1.82, 2.24) is 5.32 Å². The van der Waals surface area contributed by atoms with E-state index in [0.29, 0.717) is 18.8 Å². The van der Waals surface area contributed by atoms with Gasteiger partial charge in [-0.2, -0.15) is 0 Å². The zero-order valence-electron chi connectivity index (χ0n) is 13.1. The Morgan fingerprint density at radius 2 is 1.90 bits per heavy atom. The third-order valence-corrected chi connectivity index (χ3v) is 3.17. The predicted molar refractivity (Wildman–Crippen MR) is 79.4 cm³/mol. The second kappa shape index (κ2) is 7.71. The highest BCUT2D eigenvalue weighted by molar-refractivity contribution is 5.23. The Hall–Kier alpha value is -1.20. The largest absolute Gasteiger partial charge is 0.492 e. The molecule has 0 spiro atoms. The molecule has 2 atom stereocenters. The number of ether oxygens (including phenoxy) is 1. The summed E-state index contributed by atoms with van der Waals surface area (Å²) in [5.41, 5.74) is -0.0234. The van der Waals surface area contributed by atoms with E-state index < -0.39 is 11.6 Å². The SMILES string of the molecule is CC(O)CC(C)(C)CNC(C)COc1ccc(F)c(F)c1. The quantitative estimate of drug-likeness (QED) is 0.775. The molecule has 0 aliphatic rings. The van der Waals surface area contributed by atoms with Crippen LogP contribution in [0.4, 0.5) is 8.78 Å². The average Bonchev–Trinajstić information content (AvgIpc) is 2.36. The van der Waals surface area contributed by atoms with Crippen molar-refractivity contribution in [2.24, 2.45) is 5.41 Å². The minimum absolute atomic E-state index is 0.0234. The second-order valence-electron chi connectivity index (χ2n) is 6.39. The molecular weight excluding hydrogens is 276 g/mol. The molecule has 3 nitrogen and oxygen atoms in total. The van der Waals surface area contributed by atoms with E-state index >= 15 is 0 Å². The van der Waals surface area contributed by atoms with Crippen LogP contribution >= 0.6 is 0 Å². The van der Waals surface area contributed by atoms with Crippen molar-refractivity contribution in [3.8, 4) is 5.75 Å². The third kappa shape index (κ3) is 6.87. The minimum atomic E-state index is -0.911. The molecule has 1 rings (SSSR count). The first-order chi connectivity index (χ1) is 9.69. The molecule has 1 aromatic carbocycles. The summed E-state index contributed by atoms with van der Waals surface area (Å²) in [5, 5.41) is 12.8. The Bertz CT molecular complexity index is 450. The first-order valence-corrected chi connectivity index (χ1v) is 7.19. The Kier molecular flexibility index (Phi) is 6.55. The topological polar surface area (TPSA) is 41.5 Å². The predicted octanol–water partition coefficient (Wildman–Crippen LogP) is 3.12. The fourth-order valence-electron chi connectivity index (χ4n) is 2.17. The van der Waals surface area contributed by atoms with Gasteiger partial charge in [0, 0.05) is 18.7 Å². The highest BCUT2D eigenvalue weighted by Gasteiger charge is 2.20. The summed E-state index contributed by atoms with van der Waals surface area (Å²) < 4.78 is 31.3. The average molecular weight is 301 g/mol. The Labute approximate surface area is 125 Å². The lowest BCUT2D eigenvalue weighted by Crippen LogP contribution is -2.39. The van der Waals surface area contributed by atoms with E-state index in [0.717, 1.165) is 18.7 Å². The van der Waals surface area contributed by atoms with Crippen molar-refractivity contribution in [2.75, 3.05) is 13.2 Å². The lowest BCUT2D eigenvalue weighted by atomic mass is 9.87. The van der Waals surface area contributed by atoms with E-state index in [1.54, 1.807) is 6.92 Å². The van der Waals surface area contributed by atoms with Crippen LogP contribution in [-0.4, -0.2) is 30.4 Å². The monoisotopic (exact) mass is 301 g/mol. The fourth-order valence-corrected chi connectivity index (χ4v) is 2.17. The van der Waals surface area contributed by atoms with Crippen LogP contribution in [-0.2, 0) is 0 Å². The number of hydrogen-bond donors (Lipinski definition) is 2. The second-order valence-corrected chi connectivity index (χ2v) is 6.39. The van der Waals surface area contributed by atoms with E-state index in [1.165, 1.54) is 6.07 Å². The van der Waals surface area contributed by atoms with Crippen molar-refractivity contribution >= 4 is 0 Å². The number of aliphatic hydroxyl groups is 1. The summed E-state index contributed by atoms with van der Waals surface area (Å²) in [6.07, 6.45) is 0.368. The van der Waals surface area contributed by atoms with E-state index in [9.17, 15) is 13.9 Å². The highest BCUT2D eigenvalue weighted by Crippen LogP contribution is 2.21. The highest BCUT2D eigenvalue weighted by atomic mass is 19.2. The number of aliphatic hydroxyl groups excluding tert-OH is 1. The maximum atomic E-state index is 13.0. The van der Waals surface area contributed by atoms with Crippen molar-refractivity contribution in [2.45, 2.75) is 46.3 Å². The minimum Gasteiger partial charge on any atom is -0.492 e. The van der Waals surface area contributed by atoms with Gasteiger partial charge in [-0.3, -0.25) is 0 Å². The van der Waals surface area contributed by atoms with Crippen LogP contribution in [0.25, 0.3) is 0 Å². The molecule has 0 saturated heterocycles. The first-order valence-electron chi connectivity index (χ1n) is 7.19. The summed E-state index contributed by atoms with van der Waals surface area (Å²) in [5.74, 6) is -1.48. The zero-order valence-corrected chi connectivity index (χ0v) is 13.1. The van der Waals surface area contributed by atoms with Crippen molar-refractivity contribution < 1.29 is 18.6 Å². The number of benzene rings is 1. The summed E-state index contributed by atoms with van der Waals surface area (Å²) in [6, 6.07) is 3.56. The van der Waals surface area contributed by atoms with Gasteiger partial charge in [0.2, 0.25) is 0 Å². The smallest absolute Gasteiger partial charge is 0.162 e. The van der Waals surface area contributed by atoms with Crippen LogP contribution in [0.15, 0.2) is 18.2 Å². The molecule has 0 bridgehead atoms. The van der Waals surface area contributed by atoms with E-state index in [1.807, 2.05) is 6.92 Å². The van der Waals surface area contributed by atoms with Gasteiger partial charge in [0.15, 0.2) is 11.6 Å². The molecular formula is C16H25F2NO2. The molecule has 0 aromatic heterocycles. The number of halogens is 2. The normalized spacial score (nSPS) is 14.8. The zero-order chi connectivity index (χ0) is 16.0. The number of hydrogen-bond acceptors (Lipinski definition) is 3. The molecule has 0 aliphatic heterocycles. The molecule has 0 saturated carbocycles. The van der Waals surface area contributed by atoms with Gasteiger partial charge in [0.1, 0.15) is 12.4 Å². The van der Waals surface area contributed by atoms with E-state index in [-0.39, 0.29) is 17.6 Å². The van der Waals surface area contributed by atoms with Gasteiger partial charge in [-0.1, -0.05) is 13.8 Å². The summed E-state index contributed by atoms with van der Waals surface area (Å²) in [7, 11) is 0. The Morgan fingerprint density at radius 1 is 1.24 bits per heavy atom. The molecule has 0 radical (unpaired) electrons. The standard InChI is InChI=1S/C16H25F2NO2/c1-11(19-10-16(3,4)8-12(2)20)9-21-13-5-6-14(17)15(18)7-13/h5-7,11-12,19-20H,8-10H2,1-4H3. The van der Waals surface area contributed by atoms with Gasteiger partial charge in [-0.05, 0) is 37.8 Å². The fraction of sp³-hybridized carbons (Fsp3) is 0.625. The van der Waals surface area contributed by atoms with Gasteiger partial charge < -0.3 is 15.2 Å². The van der Waals surface area contributed by atoms with Crippen LogP contribution in [0.5, 0.6) is 5.75 Å². The molecule has 0 heterocycles. The van der Waals surface area contributed by atoms with Crippen molar-refractivity contribution in [1.29, 1.82) is 0 Å². The van der Waals surface area contributed by atoms with Crippen LogP contribution < -0.4 is 10.1 Å².